The van der Waals surface area contributed by atoms with E-state index >= 15 is 0 Å². The number of thiocarbonyl (C=S) groups is 1. The fourth-order valence-electron chi connectivity index (χ4n) is 3.06. The fourth-order valence-corrected chi connectivity index (χ4v) is 3.28. The molecule has 0 aliphatic carbocycles. The van der Waals surface area contributed by atoms with Gasteiger partial charge in [-0.25, -0.2) is 0 Å². The van der Waals surface area contributed by atoms with E-state index in [-0.39, 0.29) is 27.4 Å². The minimum absolute atomic E-state index is 0.0951. The maximum atomic E-state index is 10.8. The van der Waals surface area contributed by atoms with E-state index < -0.39 is 0 Å². The van der Waals surface area contributed by atoms with E-state index in [0.717, 1.165) is 11.1 Å². The first-order chi connectivity index (χ1) is 13.8. The number of methoxy groups -OCH3 is 2. The zero-order chi connectivity index (χ0) is 22.9. The number of hydrogen-bond donors (Lipinski definition) is 4. The Morgan fingerprint density at radius 1 is 0.733 bits per heavy atom. The Balaban J connectivity index is 2.39. The van der Waals surface area contributed by atoms with Gasteiger partial charge in [-0.05, 0) is 35.2 Å². The van der Waals surface area contributed by atoms with Crippen molar-refractivity contribution in [2.75, 3.05) is 24.9 Å². The molecule has 0 bridgehead atoms. The van der Waals surface area contributed by atoms with Crippen LogP contribution in [0.2, 0.25) is 0 Å². The average Bonchev–Trinajstić information content (AvgIpc) is 2.63. The van der Waals surface area contributed by atoms with Gasteiger partial charge in [0.25, 0.3) is 0 Å². The number of ether oxygens (including phenoxy) is 2. The number of nitrogens with one attached hydrogen (secondary N) is 2. The topological polar surface area (TPSA) is 83.0 Å². The summed E-state index contributed by atoms with van der Waals surface area (Å²) in [4.78, 5) is 0. The molecule has 0 heterocycles. The molecule has 0 saturated carbocycles. The Morgan fingerprint density at radius 3 is 1.33 bits per heavy atom. The highest BCUT2D eigenvalue weighted by atomic mass is 32.1. The molecule has 2 rings (SSSR count). The summed E-state index contributed by atoms with van der Waals surface area (Å²) in [7, 11) is 3.14. The molecule has 0 aromatic heterocycles. The molecule has 0 radical (unpaired) electrons. The van der Waals surface area contributed by atoms with Crippen LogP contribution in [0.25, 0.3) is 0 Å². The number of aromatic hydroxyl groups is 2. The fraction of sp³-hybridized carbons (Fsp3) is 0.435. The molecule has 2 aromatic rings. The Kier molecular flexibility index (Phi) is 6.76. The van der Waals surface area contributed by atoms with Crippen LogP contribution in [0.15, 0.2) is 24.3 Å². The third-order valence-corrected chi connectivity index (χ3v) is 4.95. The number of rotatable bonds is 4. The lowest BCUT2D eigenvalue weighted by Gasteiger charge is -2.25. The highest BCUT2D eigenvalue weighted by Crippen LogP contribution is 2.41. The van der Waals surface area contributed by atoms with Crippen LogP contribution in [0.5, 0.6) is 23.0 Å². The van der Waals surface area contributed by atoms with E-state index in [1.165, 1.54) is 0 Å². The Morgan fingerprint density at radius 2 is 1.07 bits per heavy atom. The van der Waals surface area contributed by atoms with Crippen LogP contribution in [-0.4, -0.2) is 29.5 Å². The number of phenolic OH excluding ortho intramolecular Hbond substituents is 2. The molecule has 0 atom stereocenters. The van der Waals surface area contributed by atoms with E-state index in [9.17, 15) is 10.2 Å². The molecule has 0 unspecified atom stereocenters. The molecular weight excluding hydrogens is 400 g/mol. The van der Waals surface area contributed by atoms with Gasteiger partial charge in [-0.1, -0.05) is 41.5 Å². The lowest BCUT2D eigenvalue weighted by molar-refractivity contribution is 0.406. The summed E-state index contributed by atoms with van der Waals surface area (Å²) in [5, 5.41) is 27.8. The monoisotopic (exact) mass is 432 g/mol. The van der Waals surface area contributed by atoms with Crippen LogP contribution in [0, 0.1) is 0 Å². The van der Waals surface area contributed by atoms with Crippen molar-refractivity contribution in [3.05, 3.63) is 35.4 Å². The molecule has 2 aromatic carbocycles. The molecule has 6 nitrogen and oxygen atoms in total. The van der Waals surface area contributed by atoms with E-state index in [1.807, 2.05) is 41.5 Å². The summed E-state index contributed by atoms with van der Waals surface area (Å²) in [6, 6.07) is 6.95. The molecule has 0 spiro atoms. The van der Waals surface area contributed by atoms with Crippen LogP contribution < -0.4 is 20.1 Å². The molecule has 0 saturated heterocycles. The third-order valence-electron chi connectivity index (χ3n) is 4.75. The maximum Gasteiger partial charge on any atom is 0.175 e. The highest BCUT2D eigenvalue weighted by molar-refractivity contribution is 7.80. The summed E-state index contributed by atoms with van der Waals surface area (Å²) in [5.41, 5.74) is 1.69. The van der Waals surface area contributed by atoms with Gasteiger partial charge < -0.3 is 30.3 Å². The predicted octanol–water partition coefficient (Wildman–Crippen LogP) is 5.52. The summed E-state index contributed by atoms with van der Waals surface area (Å²) < 4.78 is 10.8. The molecule has 4 N–H and O–H groups in total. The predicted molar refractivity (Wildman–Crippen MR) is 127 cm³/mol. The van der Waals surface area contributed by atoms with Crippen LogP contribution in [0.1, 0.15) is 52.7 Å². The van der Waals surface area contributed by atoms with Crippen molar-refractivity contribution >= 4 is 28.7 Å². The van der Waals surface area contributed by atoms with Crippen molar-refractivity contribution in [2.24, 2.45) is 0 Å². The number of benzene rings is 2. The second kappa shape index (κ2) is 8.60. The highest BCUT2D eigenvalue weighted by Gasteiger charge is 2.24. The zero-order valence-corrected chi connectivity index (χ0v) is 19.7. The Hall–Kier alpha value is -2.67. The number of phenols is 2. The first-order valence-corrected chi connectivity index (χ1v) is 10.1. The van der Waals surface area contributed by atoms with Gasteiger partial charge in [0.05, 0.1) is 25.6 Å². The second-order valence-electron chi connectivity index (χ2n) is 9.22. The molecule has 0 fully saturated rings. The number of anilines is 2. The van der Waals surface area contributed by atoms with Gasteiger partial charge in [0, 0.05) is 23.3 Å². The summed E-state index contributed by atoms with van der Waals surface area (Å²) in [6.45, 7) is 12.0. The quantitative estimate of drug-likeness (QED) is 0.374. The zero-order valence-electron chi connectivity index (χ0n) is 18.9. The van der Waals surface area contributed by atoms with Gasteiger partial charge >= 0.3 is 0 Å². The lowest BCUT2D eigenvalue weighted by Crippen LogP contribution is -2.21. The molecule has 164 valence electrons. The van der Waals surface area contributed by atoms with Crippen LogP contribution >= 0.6 is 12.2 Å². The Bertz CT molecular complexity index is 868. The second-order valence-corrected chi connectivity index (χ2v) is 9.63. The van der Waals surface area contributed by atoms with Gasteiger partial charge in [0.2, 0.25) is 0 Å². The van der Waals surface area contributed by atoms with Crippen molar-refractivity contribution in [2.45, 2.75) is 52.4 Å². The SMILES string of the molecule is COc1cc(NC(=S)Nc2cc(OC)cc(C(C)(C)C)c2O)c(O)c(C(C)(C)C)c1. The van der Waals surface area contributed by atoms with E-state index in [0.29, 0.717) is 22.9 Å². The van der Waals surface area contributed by atoms with Gasteiger partial charge in [0.15, 0.2) is 5.11 Å². The normalized spacial score (nSPS) is 11.7. The van der Waals surface area contributed by atoms with Crippen molar-refractivity contribution < 1.29 is 19.7 Å². The minimum atomic E-state index is -0.295. The van der Waals surface area contributed by atoms with Gasteiger partial charge in [-0.15, -0.1) is 0 Å². The van der Waals surface area contributed by atoms with Crippen LogP contribution in [-0.2, 0) is 10.8 Å². The summed E-state index contributed by atoms with van der Waals surface area (Å²) >= 11 is 5.44. The third kappa shape index (κ3) is 5.27. The maximum absolute atomic E-state index is 10.8. The standard InChI is InChI=1S/C23H32N2O4S/c1-22(2,3)15-9-13(28-7)11-17(19(15)26)24-21(30)25-18-12-14(29-8)10-16(20(18)27)23(4,5)6/h9-12,26-27H,1-8H3,(H2,24,25,30). The van der Waals surface area contributed by atoms with Gasteiger partial charge in [-0.2, -0.15) is 0 Å². The smallest absolute Gasteiger partial charge is 0.175 e. The van der Waals surface area contributed by atoms with E-state index in [4.69, 9.17) is 21.7 Å². The van der Waals surface area contributed by atoms with Crippen molar-refractivity contribution in [1.29, 1.82) is 0 Å². The van der Waals surface area contributed by atoms with Gasteiger partial charge in [-0.3, -0.25) is 0 Å². The summed E-state index contributed by atoms with van der Waals surface area (Å²) in [6.07, 6.45) is 0. The van der Waals surface area contributed by atoms with E-state index in [1.54, 1.807) is 38.5 Å². The number of hydrogen-bond acceptors (Lipinski definition) is 5. The van der Waals surface area contributed by atoms with Crippen LogP contribution in [0.4, 0.5) is 11.4 Å². The molecular formula is C23H32N2O4S. The molecule has 30 heavy (non-hydrogen) atoms. The molecule has 0 aliphatic rings. The lowest BCUT2D eigenvalue weighted by atomic mass is 9.85. The molecule has 0 aliphatic heterocycles. The van der Waals surface area contributed by atoms with E-state index in [2.05, 4.69) is 10.6 Å². The van der Waals surface area contributed by atoms with Crippen molar-refractivity contribution in [3.8, 4) is 23.0 Å². The average molecular weight is 433 g/mol. The first-order valence-electron chi connectivity index (χ1n) is 9.69. The largest absolute Gasteiger partial charge is 0.505 e. The summed E-state index contributed by atoms with van der Waals surface area (Å²) in [5.74, 6) is 1.39. The minimum Gasteiger partial charge on any atom is -0.505 e. The van der Waals surface area contributed by atoms with Crippen molar-refractivity contribution in [3.63, 3.8) is 0 Å². The Labute approximate surface area is 184 Å². The van der Waals surface area contributed by atoms with Crippen LogP contribution in [0.3, 0.4) is 0 Å². The van der Waals surface area contributed by atoms with Crippen molar-refractivity contribution in [1.82, 2.24) is 0 Å². The first kappa shape index (κ1) is 23.6. The molecule has 7 heteroatoms. The molecule has 0 amide bonds. The van der Waals surface area contributed by atoms with Gasteiger partial charge in [0.1, 0.15) is 23.0 Å².